The number of para-hydroxylation sites is 1. The number of anilines is 2. The number of hydrogen-bond acceptors (Lipinski definition) is 7. The first-order valence-electron chi connectivity index (χ1n) is 12.9. The summed E-state index contributed by atoms with van der Waals surface area (Å²) in [5.41, 5.74) is 2.14. The number of ether oxygens (including phenoxy) is 2. The molecule has 37 heavy (non-hydrogen) atoms. The van der Waals surface area contributed by atoms with Crippen LogP contribution in [-0.2, 0) is 6.42 Å². The summed E-state index contributed by atoms with van der Waals surface area (Å²) < 4.78 is 10.7. The predicted molar refractivity (Wildman–Crippen MR) is 155 cm³/mol. The molecule has 0 saturated heterocycles. The molecule has 0 bridgehead atoms. The van der Waals surface area contributed by atoms with Crippen LogP contribution in [0.4, 0.5) is 11.8 Å². The summed E-state index contributed by atoms with van der Waals surface area (Å²) in [7, 11) is 7.34. The van der Waals surface area contributed by atoms with Crippen molar-refractivity contribution in [1.82, 2.24) is 20.6 Å². The van der Waals surface area contributed by atoms with Crippen LogP contribution >= 0.6 is 12.2 Å². The zero-order valence-corrected chi connectivity index (χ0v) is 23.0. The quantitative estimate of drug-likeness (QED) is 0.336. The van der Waals surface area contributed by atoms with Crippen LogP contribution in [0.25, 0.3) is 10.9 Å². The monoisotopic (exact) mass is 522 g/mol. The third-order valence-electron chi connectivity index (χ3n) is 6.89. The predicted octanol–water partition coefficient (Wildman–Crippen LogP) is 4.39. The van der Waals surface area contributed by atoms with Crippen molar-refractivity contribution in [3.63, 3.8) is 0 Å². The van der Waals surface area contributed by atoms with E-state index in [0.717, 1.165) is 73.4 Å². The minimum Gasteiger partial charge on any atom is -0.493 e. The maximum Gasteiger partial charge on any atom is 0.225 e. The van der Waals surface area contributed by atoms with Crippen molar-refractivity contribution in [2.45, 2.75) is 38.1 Å². The Hall–Kier alpha value is -3.33. The Morgan fingerprint density at radius 3 is 2.46 bits per heavy atom. The molecule has 0 spiro atoms. The third-order valence-corrected chi connectivity index (χ3v) is 7.17. The second-order valence-corrected chi connectivity index (χ2v) is 10.1. The Labute approximate surface area is 225 Å². The standard InChI is InChI=1S/C28H38N6O2S/c1-34(2)26-22-7-5-6-8-23(22)32-27(33-26)31-21-12-9-20(10-13-21)18-30-28(37)29-16-15-19-11-14-24(35-3)25(17-19)36-4/h5-8,11,14,17,20-21H,9-10,12-13,15-16,18H2,1-4H3,(H2,29,30,37)(H,31,32,33)/t20-,21+. The van der Waals surface area contributed by atoms with Crippen molar-refractivity contribution in [1.29, 1.82) is 0 Å². The SMILES string of the molecule is COc1ccc(CCNC(=S)NC[C@H]2CC[C@@H](Nc3nc(N(C)C)c4ccccc4n3)CC2)cc1OC. The van der Waals surface area contributed by atoms with Gasteiger partial charge in [0.1, 0.15) is 5.82 Å². The zero-order chi connectivity index (χ0) is 26.2. The highest BCUT2D eigenvalue weighted by Crippen LogP contribution is 2.29. The first-order valence-corrected chi connectivity index (χ1v) is 13.3. The molecule has 1 aromatic heterocycles. The molecule has 1 fully saturated rings. The van der Waals surface area contributed by atoms with Crippen LogP contribution < -0.4 is 30.3 Å². The van der Waals surface area contributed by atoms with E-state index in [9.17, 15) is 0 Å². The van der Waals surface area contributed by atoms with E-state index >= 15 is 0 Å². The summed E-state index contributed by atoms with van der Waals surface area (Å²) >= 11 is 5.51. The summed E-state index contributed by atoms with van der Waals surface area (Å²) in [4.78, 5) is 11.6. The van der Waals surface area contributed by atoms with Gasteiger partial charge in [0.2, 0.25) is 5.95 Å². The van der Waals surface area contributed by atoms with Gasteiger partial charge in [0.25, 0.3) is 0 Å². The molecule has 0 amide bonds. The molecule has 2 aromatic carbocycles. The van der Waals surface area contributed by atoms with E-state index < -0.39 is 0 Å². The van der Waals surface area contributed by atoms with Gasteiger partial charge in [-0.3, -0.25) is 0 Å². The van der Waals surface area contributed by atoms with Crippen molar-refractivity contribution in [2.24, 2.45) is 5.92 Å². The number of fused-ring (bicyclic) bond motifs is 1. The summed E-state index contributed by atoms with van der Waals surface area (Å²) in [6, 6.07) is 14.5. The molecule has 4 rings (SSSR count). The molecule has 9 heteroatoms. The van der Waals surface area contributed by atoms with E-state index in [1.54, 1.807) is 14.2 Å². The molecule has 0 radical (unpaired) electrons. The Morgan fingerprint density at radius 1 is 0.973 bits per heavy atom. The lowest BCUT2D eigenvalue weighted by molar-refractivity contribution is 0.336. The van der Waals surface area contributed by atoms with Crippen LogP contribution in [0, 0.1) is 5.92 Å². The molecule has 0 unspecified atom stereocenters. The molecule has 0 atom stereocenters. The molecule has 1 saturated carbocycles. The lowest BCUT2D eigenvalue weighted by Gasteiger charge is -2.29. The zero-order valence-electron chi connectivity index (χ0n) is 22.2. The van der Waals surface area contributed by atoms with E-state index in [1.807, 2.05) is 49.3 Å². The van der Waals surface area contributed by atoms with Crippen LogP contribution in [0.1, 0.15) is 31.2 Å². The van der Waals surface area contributed by atoms with Gasteiger partial charge in [-0.15, -0.1) is 0 Å². The Kier molecular flexibility index (Phi) is 9.22. The number of thiocarbonyl (C=S) groups is 1. The molecular formula is C28H38N6O2S. The average molecular weight is 523 g/mol. The van der Waals surface area contributed by atoms with E-state index in [-0.39, 0.29) is 0 Å². The Balaban J connectivity index is 1.18. The van der Waals surface area contributed by atoms with Gasteiger partial charge in [-0.25, -0.2) is 4.98 Å². The first kappa shape index (κ1) is 26.7. The van der Waals surface area contributed by atoms with Gasteiger partial charge < -0.3 is 30.3 Å². The van der Waals surface area contributed by atoms with Gasteiger partial charge in [-0.1, -0.05) is 18.2 Å². The molecule has 0 aliphatic heterocycles. The van der Waals surface area contributed by atoms with Crippen LogP contribution in [0.5, 0.6) is 11.5 Å². The summed E-state index contributed by atoms with van der Waals surface area (Å²) in [6.07, 6.45) is 5.34. The van der Waals surface area contributed by atoms with Gasteiger partial charge >= 0.3 is 0 Å². The average Bonchev–Trinajstić information content (AvgIpc) is 2.92. The molecule has 198 valence electrons. The molecule has 1 aliphatic rings. The smallest absolute Gasteiger partial charge is 0.225 e. The van der Waals surface area contributed by atoms with E-state index in [1.165, 1.54) is 5.56 Å². The fourth-order valence-electron chi connectivity index (χ4n) is 4.81. The van der Waals surface area contributed by atoms with E-state index in [4.69, 9.17) is 31.7 Å². The van der Waals surface area contributed by atoms with Gasteiger partial charge in [0, 0.05) is 38.6 Å². The van der Waals surface area contributed by atoms with Gasteiger partial charge in [0.05, 0.1) is 19.7 Å². The normalized spacial score (nSPS) is 17.2. The highest BCUT2D eigenvalue weighted by molar-refractivity contribution is 7.80. The Bertz CT molecular complexity index is 1200. The van der Waals surface area contributed by atoms with E-state index in [0.29, 0.717) is 23.0 Å². The number of nitrogens with one attached hydrogen (secondary N) is 3. The highest BCUT2D eigenvalue weighted by atomic mass is 32.1. The molecule has 3 N–H and O–H groups in total. The molecule has 3 aromatic rings. The number of aromatic nitrogens is 2. The molecule has 8 nitrogen and oxygen atoms in total. The minimum absolute atomic E-state index is 0.388. The maximum atomic E-state index is 5.51. The fourth-order valence-corrected chi connectivity index (χ4v) is 5.00. The molecular weight excluding hydrogens is 484 g/mol. The number of rotatable bonds is 10. The van der Waals surface area contributed by atoms with Crippen molar-refractivity contribution >= 4 is 40.0 Å². The van der Waals surface area contributed by atoms with Crippen molar-refractivity contribution < 1.29 is 9.47 Å². The van der Waals surface area contributed by atoms with Crippen LogP contribution in [0.15, 0.2) is 42.5 Å². The van der Waals surface area contributed by atoms with Gasteiger partial charge in [0.15, 0.2) is 16.6 Å². The summed E-state index contributed by atoms with van der Waals surface area (Å²) in [5.74, 6) is 3.75. The molecule has 1 heterocycles. The van der Waals surface area contributed by atoms with Crippen LogP contribution in [0.2, 0.25) is 0 Å². The largest absolute Gasteiger partial charge is 0.493 e. The maximum absolute atomic E-state index is 5.51. The van der Waals surface area contributed by atoms with Crippen molar-refractivity contribution in [3.05, 3.63) is 48.0 Å². The van der Waals surface area contributed by atoms with Gasteiger partial charge in [-0.2, -0.15) is 4.98 Å². The number of methoxy groups -OCH3 is 2. The number of nitrogens with zero attached hydrogens (tertiary/aromatic N) is 3. The van der Waals surface area contributed by atoms with Crippen LogP contribution in [-0.4, -0.2) is 62.5 Å². The van der Waals surface area contributed by atoms with E-state index in [2.05, 4.69) is 28.1 Å². The number of hydrogen-bond donors (Lipinski definition) is 3. The van der Waals surface area contributed by atoms with Crippen molar-refractivity contribution in [3.8, 4) is 11.5 Å². The minimum atomic E-state index is 0.388. The summed E-state index contributed by atoms with van der Waals surface area (Å²) in [6.45, 7) is 1.66. The first-order chi connectivity index (χ1) is 18.0. The lowest BCUT2D eigenvalue weighted by Crippen LogP contribution is -2.40. The topological polar surface area (TPSA) is 83.6 Å². The number of benzene rings is 2. The van der Waals surface area contributed by atoms with Crippen LogP contribution in [0.3, 0.4) is 0 Å². The Morgan fingerprint density at radius 2 is 1.73 bits per heavy atom. The summed E-state index contributed by atoms with van der Waals surface area (Å²) in [5, 5.41) is 12.1. The second kappa shape index (κ2) is 12.8. The highest BCUT2D eigenvalue weighted by Gasteiger charge is 2.22. The van der Waals surface area contributed by atoms with Gasteiger partial charge in [-0.05, 0) is 80.1 Å². The molecule has 1 aliphatic carbocycles. The second-order valence-electron chi connectivity index (χ2n) is 9.72. The van der Waals surface area contributed by atoms with Crippen molar-refractivity contribution in [2.75, 3.05) is 51.6 Å². The fraction of sp³-hybridized carbons (Fsp3) is 0.464. The third kappa shape index (κ3) is 7.13. The lowest BCUT2D eigenvalue weighted by atomic mass is 9.86.